The smallest absolute Gasteiger partial charge is 0.397 e. The molecule has 7 heteroatoms. The van der Waals surface area contributed by atoms with E-state index in [1.807, 2.05) is 24.3 Å². The standard InChI is InChI=1S/C27H30F3N3O/c1-18-8-13-23(31)24(32-18)25(34)33(17-20-9-11-21(12-10-20)26(2,3)4)15-14-19-6-5-7-22(16-19)27(28,29)30/h5-13,16H,14-15,17,31H2,1-4H3. The van der Waals surface area contributed by atoms with Gasteiger partial charge in [-0.2, -0.15) is 13.2 Å². The van der Waals surface area contributed by atoms with Crippen LogP contribution in [-0.4, -0.2) is 22.3 Å². The molecule has 0 saturated heterocycles. The van der Waals surface area contributed by atoms with Gasteiger partial charge in [-0.15, -0.1) is 0 Å². The Bertz CT molecular complexity index is 1150. The summed E-state index contributed by atoms with van der Waals surface area (Å²) in [6.07, 6.45) is -4.15. The molecule has 0 bridgehead atoms. The first kappa shape index (κ1) is 25.3. The summed E-state index contributed by atoms with van der Waals surface area (Å²) in [6, 6.07) is 16.6. The second kappa shape index (κ2) is 9.87. The summed E-state index contributed by atoms with van der Waals surface area (Å²) in [5.41, 5.74) is 8.98. The Kier molecular flexibility index (Phi) is 7.34. The summed E-state index contributed by atoms with van der Waals surface area (Å²) in [4.78, 5) is 19.3. The molecule has 0 aliphatic carbocycles. The van der Waals surface area contributed by atoms with E-state index >= 15 is 0 Å². The van der Waals surface area contributed by atoms with Crippen LogP contribution < -0.4 is 5.73 Å². The summed E-state index contributed by atoms with van der Waals surface area (Å²) < 4.78 is 39.3. The van der Waals surface area contributed by atoms with Gasteiger partial charge in [0.15, 0.2) is 5.69 Å². The molecule has 0 unspecified atom stereocenters. The molecule has 0 radical (unpaired) electrons. The highest BCUT2D eigenvalue weighted by atomic mass is 19.4. The van der Waals surface area contributed by atoms with Crippen molar-refractivity contribution in [2.75, 3.05) is 12.3 Å². The van der Waals surface area contributed by atoms with E-state index in [1.54, 1.807) is 30.0 Å². The number of nitrogens with zero attached hydrogens (tertiary/aromatic N) is 2. The fraction of sp³-hybridized carbons (Fsp3) is 0.333. The van der Waals surface area contributed by atoms with Crippen molar-refractivity contribution in [3.8, 4) is 0 Å². The van der Waals surface area contributed by atoms with Crippen LogP contribution in [0.5, 0.6) is 0 Å². The fourth-order valence-corrected chi connectivity index (χ4v) is 3.64. The molecule has 1 heterocycles. The Morgan fingerprint density at radius 1 is 0.941 bits per heavy atom. The van der Waals surface area contributed by atoms with E-state index in [-0.39, 0.29) is 42.2 Å². The summed E-state index contributed by atoms with van der Waals surface area (Å²) in [7, 11) is 0. The fourth-order valence-electron chi connectivity index (χ4n) is 3.64. The quantitative estimate of drug-likeness (QED) is 0.469. The van der Waals surface area contributed by atoms with Crippen molar-refractivity contribution in [1.29, 1.82) is 0 Å². The molecule has 3 aromatic rings. The second-order valence-corrected chi connectivity index (χ2v) is 9.51. The Balaban J connectivity index is 1.87. The lowest BCUT2D eigenvalue weighted by atomic mass is 9.87. The van der Waals surface area contributed by atoms with Crippen LogP contribution in [0.25, 0.3) is 0 Å². The van der Waals surface area contributed by atoms with E-state index in [4.69, 9.17) is 5.73 Å². The van der Waals surface area contributed by atoms with Crippen molar-refractivity contribution in [1.82, 2.24) is 9.88 Å². The van der Waals surface area contributed by atoms with Gasteiger partial charge in [-0.05, 0) is 53.6 Å². The zero-order valence-corrected chi connectivity index (χ0v) is 19.9. The number of aromatic nitrogens is 1. The van der Waals surface area contributed by atoms with Crippen LogP contribution in [0.4, 0.5) is 18.9 Å². The van der Waals surface area contributed by atoms with E-state index in [0.29, 0.717) is 11.3 Å². The molecular weight excluding hydrogens is 439 g/mol. The molecule has 0 atom stereocenters. The third kappa shape index (κ3) is 6.37. The number of nitrogens with two attached hydrogens (primary N) is 1. The highest BCUT2D eigenvalue weighted by Gasteiger charge is 2.30. The van der Waals surface area contributed by atoms with E-state index in [2.05, 4.69) is 25.8 Å². The molecule has 0 aliphatic heterocycles. The average molecular weight is 470 g/mol. The third-order valence-electron chi connectivity index (χ3n) is 5.67. The van der Waals surface area contributed by atoms with E-state index in [1.165, 1.54) is 11.6 Å². The number of carbonyl (C=O) groups excluding carboxylic acids is 1. The monoisotopic (exact) mass is 469 g/mol. The number of rotatable bonds is 6. The Morgan fingerprint density at radius 3 is 2.24 bits per heavy atom. The number of amides is 1. The number of nitrogen functional groups attached to an aromatic ring is 1. The number of anilines is 1. The van der Waals surface area contributed by atoms with Crippen LogP contribution in [-0.2, 0) is 24.6 Å². The van der Waals surface area contributed by atoms with Gasteiger partial charge >= 0.3 is 6.18 Å². The maximum atomic E-state index is 13.4. The molecule has 34 heavy (non-hydrogen) atoms. The van der Waals surface area contributed by atoms with Gasteiger partial charge in [0.1, 0.15) is 0 Å². The van der Waals surface area contributed by atoms with E-state index in [0.717, 1.165) is 17.7 Å². The lowest BCUT2D eigenvalue weighted by Gasteiger charge is -2.24. The average Bonchev–Trinajstić information content (AvgIpc) is 2.77. The van der Waals surface area contributed by atoms with Crippen molar-refractivity contribution in [2.24, 2.45) is 0 Å². The summed E-state index contributed by atoms with van der Waals surface area (Å²) in [5.74, 6) is -0.354. The number of benzene rings is 2. The Labute approximate surface area is 198 Å². The molecule has 0 saturated carbocycles. The molecule has 2 aromatic carbocycles. The van der Waals surface area contributed by atoms with Crippen molar-refractivity contribution in [3.63, 3.8) is 0 Å². The number of hydrogen-bond acceptors (Lipinski definition) is 3. The van der Waals surface area contributed by atoms with Crippen molar-refractivity contribution in [3.05, 3.63) is 94.3 Å². The number of alkyl halides is 3. The molecule has 0 fully saturated rings. The summed E-state index contributed by atoms with van der Waals surface area (Å²) in [6.45, 7) is 8.65. The van der Waals surface area contributed by atoms with E-state index in [9.17, 15) is 18.0 Å². The number of carbonyl (C=O) groups is 1. The topological polar surface area (TPSA) is 59.2 Å². The van der Waals surface area contributed by atoms with Gasteiger partial charge in [-0.25, -0.2) is 4.98 Å². The normalized spacial score (nSPS) is 12.0. The largest absolute Gasteiger partial charge is 0.416 e. The summed E-state index contributed by atoms with van der Waals surface area (Å²) in [5, 5.41) is 0. The molecule has 3 rings (SSSR count). The first-order valence-corrected chi connectivity index (χ1v) is 11.1. The van der Waals surface area contributed by atoms with Gasteiger partial charge in [0.25, 0.3) is 5.91 Å². The van der Waals surface area contributed by atoms with Crippen LogP contribution in [0.2, 0.25) is 0 Å². The van der Waals surface area contributed by atoms with Gasteiger partial charge in [-0.1, -0.05) is 63.2 Å². The zero-order chi connectivity index (χ0) is 25.1. The van der Waals surface area contributed by atoms with Crippen LogP contribution in [0.15, 0.2) is 60.7 Å². The van der Waals surface area contributed by atoms with Crippen LogP contribution in [0, 0.1) is 6.92 Å². The van der Waals surface area contributed by atoms with Crippen molar-refractivity contribution in [2.45, 2.75) is 52.3 Å². The second-order valence-electron chi connectivity index (χ2n) is 9.51. The van der Waals surface area contributed by atoms with Crippen LogP contribution in [0.3, 0.4) is 0 Å². The van der Waals surface area contributed by atoms with Gasteiger partial charge in [0.2, 0.25) is 0 Å². The highest BCUT2D eigenvalue weighted by molar-refractivity contribution is 5.97. The minimum atomic E-state index is -4.42. The number of pyridine rings is 1. The third-order valence-corrected chi connectivity index (χ3v) is 5.67. The molecule has 1 aromatic heterocycles. The van der Waals surface area contributed by atoms with Gasteiger partial charge in [-0.3, -0.25) is 4.79 Å². The maximum Gasteiger partial charge on any atom is 0.416 e. The number of aryl methyl sites for hydroxylation is 1. The molecule has 4 nitrogen and oxygen atoms in total. The lowest BCUT2D eigenvalue weighted by Crippen LogP contribution is -2.34. The van der Waals surface area contributed by atoms with Crippen molar-refractivity contribution < 1.29 is 18.0 Å². The van der Waals surface area contributed by atoms with Gasteiger partial charge in [0.05, 0.1) is 11.3 Å². The van der Waals surface area contributed by atoms with Crippen LogP contribution in [0.1, 0.15) is 59.2 Å². The van der Waals surface area contributed by atoms with Crippen LogP contribution >= 0.6 is 0 Å². The maximum absolute atomic E-state index is 13.4. The van der Waals surface area contributed by atoms with Gasteiger partial charge in [0, 0.05) is 18.8 Å². The number of halogens is 3. The molecule has 0 spiro atoms. The lowest BCUT2D eigenvalue weighted by molar-refractivity contribution is -0.137. The SMILES string of the molecule is Cc1ccc(N)c(C(=O)N(CCc2cccc(C(F)(F)F)c2)Cc2ccc(C(C)(C)C)cc2)n1. The minimum Gasteiger partial charge on any atom is -0.397 e. The minimum absolute atomic E-state index is 0.00251. The Morgan fingerprint density at radius 2 is 1.62 bits per heavy atom. The van der Waals surface area contributed by atoms with E-state index < -0.39 is 11.7 Å². The molecular formula is C27H30F3N3O. The first-order chi connectivity index (χ1) is 15.8. The predicted octanol–water partition coefficient (Wildman–Crippen LogP) is 6.17. The van der Waals surface area contributed by atoms with Crippen molar-refractivity contribution >= 4 is 11.6 Å². The molecule has 1 amide bonds. The molecule has 180 valence electrons. The summed E-state index contributed by atoms with van der Waals surface area (Å²) >= 11 is 0. The first-order valence-electron chi connectivity index (χ1n) is 11.1. The molecule has 2 N–H and O–H groups in total. The molecule has 0 aliphatic rings. The predicted molar refractivity (Wildman–Crippen MR) is 128 cm³/mol. The highest BCUT2D eigenvalue weighted by Crippen LogP contribution is 2.30. The zero-order valence-electron chi connectivity index (χ0n) is 19.9. The number of hydrogen-bond donors (Lipinski definition) is 1. The Hall–Kier alpha value is -3.35. The van der Waals surface area contributed by atoms with Gasteiger partial charge < -0.3 is 10.6 Å².